The lowest BCUT2D eigenvalue weighted by Gasteiger charge is -2.39. The Labute approximate surface area is 125 Å². The van der Waals surface area contributed by atoms with Crippen LogP contribution in [-0.2, 0) is 0 Å². The minimum Gasteiger partial charge on any atom is -0.484 e. The van der Waals surface area contributed by atoms with E-state index in [2.05, 4.69) is 0 Å². The van der Waals surface area contributed by atoms with Crippen LogP contribution in [0.15, 0.2) is 48.5 Å². The number of ether oxygens (including phenoxy) is 1. The molecule has 2 aromatic rings. The van der Waals surface area contributed by atoms with Gasteiger partial charge in [-0.3, -0.25) is 4.79 Å². The van der Waals surface area contributed by atoms with Gasteiger partial charge >= 0.3 is 0 Å². The number of hydrogen-bond donors (Lipinski definition) is 0. The molecule has 0 bridgehead atoms. The molecule has 1 aliphatic rings. The van der Waals surface area contributed by atoms with Gasteiger partial charge in [-0.15, -0.1) is 0 Å². The van der Waals surface area contributed by atoms with Gasteiger partial charge < -0.3 is 9.64 Å². The highest BCUT2D eigenvalue weighted by molar-refractivity contribution is 6.08. The lowest BCUT2D eigenvalue weighted by atomic mass is 10.0. The van der Waals surface area contributed by atoms with Gasteiger partial charge in [0.1, 0.15) is 11.4 Å². The highest BCUT2D eigenvalue weighted by Crippen LogP contribution is 2.37. The smallest absolute Gasteiger partial charge is 0.258 e. The third kappa shape index (κ3) is 2.51. The van der Waals surface area contributed by atoms with Gasteiger partial charge in [-0.1, -0.05) is 30.3 Å². The van der Waals surface area contributed by atoms with Crippen LogP contribution in [0.3, 0.4) is 0 Å². The number of carbonyl (C=O) groups excluding carboxylic acids is 1. The summed E-state index contributed by atoms with van der Waals surface area (Å²) in [7, 11) is 0. The number of benzene rings is 2. The van der Waals surface area contributed by atoms with Crippen LogP contribution >= 0.6 is 0 Å². The number of amides is 1. The molecule has 1 aliphatic heterocycles. The van der Waals surface area contributed by atoms with Crippen LogP contribution in [-0.4, -0.2) is 18.1 Å². The fourth-order valence-corrected chi connectivity index (χ4v) is 2.70. The van der Waals surface area contributed by atoms with Gasteiger partial charge in [0.05, 0.1) is 12.2 Å². The van der Waals surface area contributed by atoms with Crippen molar-refractivity contribution >= 4 is 11.6 Å². The topological polar surface area (TPSA) is 29.5 Å². The van der Waals surface area contributed by atoms with Crippen LogP contribution in [0.1, 0.15) is 29.8 Å². The Morgan fingerprint density at radius 1 is 1.10 bits per heavy atom. The summed E-state index contributed by atoms with van der Waals surface area (Å²) < 4.78 is 5.97. The first-order valence-electron chi connectivity index (χ1n) is 7.13. The van der Waals surface area contributed by atoms with E-state index in [0.29, 0.717) is 6.54 Å². The maximum absolute atomic E-state index is 12.9. The van der Waals surface area contributed by atoms with E-state index < -0.39 is 5.60 Å². The molecule has 0 fully saturated rings. The van der Waals surface area contributed by atoms with Crippen LogP contribution in [0, 0.1) is 6.92 Å². The summed E-state index contributed by atoms with van der Waals surface area (Å²) >= 11 is 0. The van der Waals surface area contributed by atoms with Gasteiger partial charge in [-0.25, -0.2) is 0 Å². The molecule has 0 unspecified atom stereocenters. The van der Waals surface area contributed by atoms with Crippen LogP contribution in [0.25, 0.3) is 0 Å². The van der Waals surface area contributed by atoms with E-state index in [1.54, 1.807) is 0 Å². The number of fused-ring (bicyclic) bond motifs is 1. The van der Waals surface area contributed by atoms with Crippen molar-refractivity contribution in [2.75, 3.05) is 11.4 Å². The summed E-state index contributed by atoms with van der Waals surface area (Å²) in [5, 5.41) is 0. The van der Waals surface area contributed by atoms with Crippen molar-refractivity contribution in [3.63, 3.8) is 0 Å². The zero-order valence-corrected chi connectivity index (χ0v) is 12.6. The molecule has 0 saturated carbocycles. The molecule has 3 nitrogen and oxygen atoms in total. The second kappa shape index (κ2) is 4.92. The molecular formula is C18H19NO2. The third-order valence-corrected chi connectivity index (χ3v) is 3.70. The first-order chi connectivity index (χ1) is 9.98. The fourth-order valence-electron chi connectivity index (χ4n) is 2.70. The van der Waals surface area contributed by atoms with E-state index in [-0.39, 0.29) is 5.91 Å². The van der Waals surface area contributed by atoms with Crippen molar-refractivity contribution in [3.05, 3.63) is 59.7 Å². The van der Waals surface area contributed by atoms with Crippen molar-refractivity contribution in [1.82, 2.24) is 0 Å². The summed E-state index contributed by atoms with van der Waals surface area (Å²) in [6, 6.07) is 15.4. The number of aryl methyl sites for hydroxylation is 1. The lowest BCUT2D eigenvalue weighted by molar-refractivity contribution is 0.0836. The number of rotatable bonds is 1. The van der Waals surface area contributed by atoms with Crippen molar-refractivity contribution < 1.29 is 9.53 Å². The monoisotopic (exact) mass is 281 g/mol. The molecule has 1 amide bonds. The second-order valence-electron chi connectivity index (χ2n) is 6.04. The minimum absolute atomic E-state index is 0.0249. The largest absolute Gasteiger partial charge is 0.484 e. The fraction of sp³-hybridized carbons (Fsp3) is 0.278. The van der Waals surface area contributed by atoms with E-state index in [0.717, 1.165) is 22.6 Å². The normalized spacial score (nSPS) is 16.0. The van der Waals surface area contributed by atoms with E-state index in [1.807, 2.05) is 74.2 Å². The predicted molar refractivity (Wildman–Crippen MR) is 84.0 cm³/mol. The first kappa shape index (κ1) is 13.7. The predicted octanol–water partition coefficient (Wildman–Crippen LogP) is 3.81. The SMILES string of the molecule is Cc1ccccc1C(=O)N1CC(C)(C)Oc2ccccc21. The Kier molecular flexibility index (Phi) is 3.20. The van der Waals surface area contributed by atoms with Crippen LogP contribution < -0.4 is 9.64 Å². The number of carbonyl (C=O) groups is 1. The standard InChI is InChI=1S/C18H19NO2/c1-13-8-4-5-9-14(13)17(20)19-12-18(2,3)21-16-11-7-6-10-15(16)19/h4-11H,12H2,1-3H3. The summed E-state index contributed by atoms with van der Waals surface area (Å²) in [4.78, 5) is 14.8. The molecule has 0 spiro atoms. The first-order valence-corrected chi connectivity index (χ1v) is 7.13. The van der Waals surface area contributed by atoms with Crippen LogP contribution in [0.4, 0.5) is 5.69 Å². The molecule has 21 heavy (non-hydrogen) atoms. The zero-order valence-electron chi connectivity index (χ0n) is 12.6. The van der Waals surface area contributed by atoms with Crippen molar-refractivity contribution in [2.45, 2.75) is 26.4 Å². The van der Waals surface area contributed by atoms with Gasteiger partial charge in [-0.05, 0) is 44.5 Å². The highest BCUT2D eigenvalue weighted by Gasteiger charge is 2.35. The maximum Gasteiger partial charge on any atom is 0.258 e. The van der Waals surface area contributed by atoms with Gasteiger partial charge in [0, 0.05) is 5.56 Å². The van der Waals surface area contributed by atoms with Crippen molar-refractivity contribution in [2.24, 2.45) is 0 Å². The van der Waals surface area contributed by atoms with E-state index >= 15 is 0 Å². The number of nitrogens with zero attached hydrogens (tertiary/aromatic N) is 1. The Balaban J connectivity index is 2.06. The van der Waals surface area contributed by atoms with E-state index in [1.165, 1.54) is 0 Å². The molecular weight excluding hydrogens is 262 g/mol. The van der Waals surface area contributed by atoms with Crippen molar-refractivity contribution in [3.8, 4) is 5.75 Å². The average Bonchev–Trinajstić information content (AvgIpc) is 2.45. The Hall–Kier alpha value is -2.29. The molecule has 1 heterocycles. The molecule has 0 N–H and O–H groups in total. The summed E-state index contributed by atoms with van der Waals surface area (Å²) in [6.45, 7) is 6.50. The Morgan fingerprint density at radius 3 is 2.52 bits per heavy atom. The molecule has 0 aromatic heterocycles. The summed E-state index contributed by atoms with van der Waals surface area (Å²) in [5.74, 6) is 0.785. The maximum atomic E-state index is 12.9. The second-order valence-corrected chi connectivity index (χ2v) is 6.04. The van der Waals surface area contributed by atoms with Gasteiger partial charge in [0.2, 0.25) is 0 Å². The molecule has 0 radical (unpaired) electrons. The zero-order chi connectivity index (χ0) is 15.0. The quantitative estimate of drug-likeness (QED) is 0.795. The molecule has 0 atom stereocenters. The van der Waals surface area contributed by atoms with Crippen LogP contribution in [0.2, 0.25) is 0 Å². The number of hydrogen-bond acceptors (Lipinski definition) is 2. The number of para-hydroxylation sites is 2. The molecule has 108 valence electrons. The molecule has 0 aliphatic carbocycles. The summed E-state index contributed by atoms with van der Waals surface area (Å²) in [5.41, 5.74) is 2.17. The van der Waals surface area contributed by atoms with E-state index in [4.69, 9.17) is 4.74 Å². The number of anilines is 1. The Bertz CT molecular complexity index is 691. The van der Waals surface area contributed by atoms with Crippen molar-refractivity contribution in [1.29, 1.82) is 0 Å². The average molecular weight is 281 g/mol. The molecule has 3 rings (SSSR count). The molecule has 3 heteroatoms. The molecule has 0 saturated heterocycles. The van der Waals surface area contributed by atoms with E-state index in [9.17, 15) is 4.79 Å². The molecule has 2 aromatic carbocycles. The summed E-state index contributed by atoms with van der Waals surface area (Å²) in [6.07, 6.45) is 0. The van der Waals surface area contributed by atoms with Gasteiger partial charge in [0.25, 0.3) is 5.91 Å². The highest BCUT2D eigenvalue weighted by atomic mass is 16.5. The minimum atomic E-state index is -0.396. The third-order valence-electron chi connectivity index (χ3n) is 3.70. The van der Waals surface area contributed by atoms with Gasteiger partial charge in [0.15, 0.2) is 0 Å². The Morgan fingerprint density at radius 2 is 1.76 bits per heavy atom. The van der Waals surface area contributed by atoms with Gasteiger partial charge in [-0.2, -0.15) is 0 Å². The lowest BCUT2D eigenvalue weighted by Crippen LogP contribution is -2.49. The van der Waals surface area contributed by atoms with Crippen LogP contribution in [0.5, 0.6) is 5.75 Å².